The minimum Gasteiger partial charge on any atom is -0.332 e. The summed E-state index contributed by atoms with van der Waals surface area (Å²) in [6.45, 7) is 6.94. The van der Waals surface area contributed by atoms with Crippen LogP contribution in [0.5, 0.6) is 0 Å². The van der Waals surface area contributed by atoms with Crippen molar-refractivity contribution in [2.24, 2.45) is 0 Å². The van der Waals surface area contributed by atoms with Gasteiger partial charge in [-0.25, -0.2) is 4.68 Å². The van der Waals surface area contributed by atoms with Crippen molar-refractivity contribution in [2.45, 2.75) is 32.9 Å². The number of fused-ring (bicyclic) bond motifs is 1. The van der Waals surface area contributed by atoms with Gasteiger partial charge in [0.25, 0.3) is 11.5 Å². The lowest BCUT2D eigenvalue weighted by molar-refractivity contribution is 0.0527. The predicted molar refractivity (Wildman–Crippen MR) is 94.3 cm³/mol. The lowest BCUT2D eigenvalue weighted by atomic mass is 10.1. The number of aryl methyl sites for hydroxylation is 1. The molecule has 2 heterocycles. The van der Waals surface area contributed by atoms with Gasteiger partial charge in [0.2, 0.25) is 0 Å². The van der Waals surface area contributed by atoms with Gasteiger partial charge in [0.05, 0.1) is 5.39 Å². The average Bonchev–Trinajstić information content (AvgIpc) is 2.57. The molecule has 0 radical (unpaired) electrons. The third-order valence-electron chi connectivity index (χ3n) is 4.60. The van der Waals surface area contributed by atoms with E-state index in [-0.39, 0.29) is 17.5 Å². The normalized spacial score (nSPS) is 19.0. The van der Waals surface area contributed by atoms with Crippen molar-refractivity contribution in [1.82, 2.24) is 19.6 Å². The maximum absolute atomic E-state index is 13.1. The third-order valence-corrected chi connectivity index (χ3v) is 4.60. The monoisotopic (exact) mass is 328 g/mol. The molecule has 0 unspecified atom stereocenters. The Balaban J connectivity index is 2.09. The van der Waals surface area contributed by atoms with Gasteiger partial charge in [-0.3, -0.25) is 9.59 Å². The maximum Gasteiger partial charge on any atom is 0.275 e. The largest absolute Gasteiger partial charge is 0.332 e. The number of hydrogen-bond donors (Lipinski definition) is 0. The number of hydrogen-bond acceptors (Lipinski definition) is 4. The van der Waals surface area contributed by atoms with Crippen LogP contribution in [-0.4, -0.2) is 58.2 Å². The number of benzene rings is 1. The van der Waals surface area contributed by atoms with Crippen molar-refractivity contribution in [3.8, 4) is 0 Å². The number of aromatic nitrogens is 2. The molecule has 1 atom stereocenters. The fourth-order valence-electron chi connectivity index (χ4n) is 3.33. The van der Waals surface area contributed by atoms with E-state index in [4.69, 9.17) is 0 Å². The molecule has 24 heavy (non-hydrogen) atoms. The number of carbonyl (C=O) groups excluding carboxylic acids is 1. The summed E-state index contributed by atoms with van der Waals surface area (Å²) in [5, 5.41) is 5.62. The Morgan fingerprint density at radius 2 is 1.96 bits per heavy atom. The van der Waals surface area contributed by atoms with Crippen molar-refractivity contribution < 1.29 is 4.79 Å². The molecule has 0 N–H and O–H groups in total. The minimum atomic E-state index is -0.129. The molecule has 1 fully saturated rings. The second-order valence-electron chi connectivity index (χ2n) is 6.53. The first kappa shape index (κ1) is 16.6. The van der Waals surface area contributed by atoms with Crippen LogP contribution in [0.1, 0.15) is 30.8 Å². The molecular formula is C18H24N4O2. The van der Waals surface area contributed by atoms with Crippen LogP contribution >= 0.6 is 0 Å². The smallest absolute Gasteiger partial charge is 0.275 e. The molecule has 1 aromatic carbocycles. The lowest BCUT2D eigenvalue weighted by Gasteiger charge is -2.38. The molecule has 2 aromatic rings. The minimum absolute atomic E-state index is 0.0864. The molecule has 128 valence electrons. The van der Waals surface area contributed by atoms with Crippen LogP contribution in [0.3, 0.4) is 0 Å². The summed E-state index contributed by atoms with van der Waals surface area (Å²) < 4.78 is 1.43. The van der Waals surface area contributed by atoms with Gasteiger partial charge in [0.15, 0.2) is 5.69 Å². The summed E-state index contributed by atoms with van der Waals surface area (Å²) in [5.74, 6) is -0.0864. The topological polar surface area (TPSA) is 58.4 Å². The molecule has 0 spiro atoms. The summed E-state index contributed by atoms with van der Waals surface area (Å²) in [6.07, 6.45) is 0.795. The van der Waals surface area contributed by atoms with E-state index in [0.717, 1.165) is 19.5 Å². The second-order valence-corrected chi connectivity index (χ2v) is 6.53. The fourth-order valence-corrected chi connectivity index (χ4v) is 3.33. The first-order valence-electron chi connectivity index (χ1n) is 8.52. The first-order valence-corrected chi connectivity index (χ1v) is 8.52. The molecule has 6 heteroatoms. The number of carbonyl (C=O) groups is 1. The molecule has 1 aliphatic rings. The molecule has 6 nitrogen and oxygen atoms in total. The maximum atomic E-state index is 13.1. The molecule has 0 aliphatic carbocycles. The van der Waals surface area contributed by atoms with E-state index in [2.05, 4.69) is 24.0 Å². The van der Waals surface area contributed by atoms with E-state index < -0.39 is 0 Å². The van der Waals surface area contributed by atoms with Gasteiger partial charge in [-0.05, 0) is 26.5 Å². The van der Waals surface area contributed by atoms with Crippen LogP contribution in [0.4, 0.5) is 0 Å². The highest BCUT2D eigenvalue weighted by atomic mass is 16.2. The highest BCUT2D eigenvalue weighted by molar-refractivity contribution is 6.04. The fraction of sp³-hybridized carbons (Fsp3) is 0.500. The zero-order valence-electron chi connectivity index (χ0n) is 14.5. The zero-order chi connectivity index (χ0) is 17.3. The van der Waals surface area contributed by atoms with Gasteiger partial charge >= 0.3 is 0 Å². The lowest BCUT2D eigenvalue weighted by Crippen LogP contribution is -2.53. The molecule has 1 aromatic heterocycles. The quantitative estimate of drug-likeness (QED) is 0.858. The number of rotatable bonds is 3. The highest BCUT2D eigenvalue weighted by Gasteiger charge is 2.29. The van der Waals surface area contributed by atoms with Gasteiger partial charge in [-0.15, -0.1) is 0 Å². The van der Waals surface area contributed by atoms with E-state index >= 15 is 0 Å². The Hall–Kier alpha value is -2.21. The van der Waals surface area contributed by atoms with Crippen LogP contribution < -0.4 is 5.56 Å². The first-order chi connectivity index (χ1) is 11.5. The molecule has 1 saturated heterocycles. The van der Waals surface area contributed by atoms with E-state index in [1.807, 2.05) is 30.0 Å². The Bertz CT molecular complexity index is 814. The van der Waals surface area contributed by atoms with Crippen molar-refractivity contribution >= 4 is 16.7 Å². The molecule has 1 amide bonds. The van der Waals surface area contributed by atoms with Crippen molar-refractivity contribution in [3.63, 3.8) is 0 Å². The third kappa shape index (κ3) is 2.94. The molecule has 3 rings (SSSR count). The van der Waals surface area contributed by atoms with Crippen molar-refractivity contribution in [2.75, 3.05) is 26.7 Å². The van der Waals surface area contributed by atoms with Crippen LogP contribution in [0, 0.1) is 0 Å². The number of nitrogens with zero attached hydrogens (tertiary/aromatic N) is 4. The van der Waals surface area contributed by atoms with Crippen LogP contribution in [-0.2, 0) is 6.54 Å². The van der Waals surface area contributed by atoms with Crippen molar-refractivity contribution in [1.29, 1.82) is 0 Å². The van der Waals surface area contributed by atoms with E-state index in [1.54, 1.807) is 6.07 Å². The van der Waals surface area contributed by atoms with Gasteiger partial charge in [0, 0.05) is 37.6 Å². The number of likely N-dealkylation sites (N-methyl/N-ethyl adjacent to an activating group) is 1. The Morgan fingerprint density at radius 1 is 1.25 bits per heavy atom. The standard InChI is InChI=1S/C18H24N4O2/c1-4-9-22-17(23)15-8-6-5-7-14(15)16(19-22)18(24)21-11-10-20(3)12-13(21)2/h5-8,13H,4,9-12H2,1-3H3/t13-/m0/s1. The Morgan fingerprint density at radius 3 is 2.62 bits per heavy atom. The SMILES string of the molecule is CCCn1nc(C(=O)N2CCN(C)C[C@@H]2C)c2ccccc2c1=O. The second kappa shape index (κ2) is 6.73. The summed E-state index contributed by atoms with van der Waals surface area (Å²) in [7, 11) is 2.06. The summed E-state index contributed by atoms with van der Waals surface area (Å²) in [4.78, 5) is 29.8. The molecule has 0 saturated carbocycles. The van der Waals surface area contributed by atoms with E-state index in [0.29, 0.717) is 29.6 Å². The summed E-state index contributed by atoms with van der Waals surface area (Å²) >= 11 is 0. The Labute approximate surface area is 141 Å². The summed E-state index contributed by atoms with van der Waals surface area (Å²) in [5.41, 5.74) is 0.255. The number of piperazine rings is 1. The van der Waals surface area contributed by atoms with Crippen LogP contribution in [0.15, 0.2) is 29.1 Å². The molecular weight excluding hydrogens is 304 g/mol. The zero-order valence-corrected chi connectivity index (χ0v) is 14.5. The average molecular weight is 328 g/mol. The van der Waals surface area contributed by atoms with Gasteiger partial charge in [-0.1, -0.05) is 25.1 Å². The van der Waals surface area contributed by atoms with Crippen molar-refractivity contribution in [3.05, 3.63) is 40.3 Å². The summed E-state index contributed by atoms with van der Waals surface area (Å²) in [6, 6.07) is 7.39. The van der Waals surface area contributed by atoms with E-state index in [9.17, 15) is 9.59 Å². The number of amides is 1. The predicted octanol–water partition coefficient (Wildman–Crippen LogP) is 1.58. The van der Waals surface area contributed by atoms with Gasteiger partial charge in [-0.2, -0.15) is 5.10 Å². The van der Waals surface area contributed by atoms with E-state index in [1.165, 1.54) is 4.68 Å². The van der Waals surface area contributed by atoms with Crippen LogP contribution in [0.2, 0.25) is 0 Å². The molecule has 0 bridgehead atoms. The van der Waals surface area contributed by atoms with Crippen LogP contribution in [0.25, 0.3) is 10.8 Å². The van der Waals surface area contributed by atoms with Gasteiger partial charge < -0.3 is 9.80 Å². The molecule has 1 aliphatic heterocycles. The highest BCUT2D eigenvalue weighted by Crippen LogP contribution is 2.18. The Kier molecular flexibility index (Phi) is 4.66. The van der Waals surface area contributed by atoms with Gasteiger partial charge in [0.1, 0.15) is 0 Å².